The van der Waals surface area contributed by atoms with E-state index in [2.05, 4.69) is 24.0 Å². The molecule has 0 amide bonds. The number of nitrogens with zero attached hydrogens (tertiary/aromatic N) is 5. The standard InChI is InChI=1S/C24H27N5O2/c1-15-8-7-11-19(16(15)2)28-13-12-20-22(24(28)30)25-26-23-21(17-9-5-4-6-10-17)18(14-31-3)27-29(20)23/h4-6,9-10,12-13,15-16,19H,7-8,11,14H2,1-3H3/t15-,16+,19+/m1/s1. The number of ether oxygens (including phenoxy) is 1. The van der Waals surface area contributed by atoms with E-state index in [9.17, 15) is 4.79 Å². The van der Waals surface area contributed by atoms with Crippen LogP contribution < -0.4 is 5.56 Å². The highest BCUT2D eigenvalue weighted by molar-refractivity contribution is 5.84. The molecule has 1 aromatic carbocycles. The molecule has 4 aromatic rings. The van der Waals surface area contributed by atoms with Gasteiger partial charge in [-0.05, 0) is 29.9 Å². The summed E-state index contributed by atoms with van der Waals surface area (Å²) in [6.45, 7) is 4.87. The topological polar surface area (TPSA) is 74.3 Å². The third kappa shape index (κ3) is 3.24. The Morgan fingerprint density at radius 2 is 1.90 bits per heavy atom. The van der Waals surface area contributed by atoms with Crippen LogP contribution in [0.5, 0.6) is 0 Å². The van der Waals surface area contributed by atoms with Crippen molar-refractivity contribution in [2.24, 2.45) is 11.8 Å². The van der Waals surface area contributed by atoms with Gasteiger partial charge in [0, 0.05) is 19.3 Å². The second-order valence-electron chi connectivity index (χ2n) is 8.65. The molecule has 7 heteroatoms. The highest BCUT2D eigenvalue weighted by Crippen LogP contribution is 2.37. The van der Waals surface area contributed by atoms with Crippen LogP contribution in [0.15, 0.2) is 47.4 Å². The van der Waals surface area contributed by atoms with Crippen molar-refractivity contribution in [1.82, 2.24) is 24.4 Å². The molecule has 0 N–H and O–H groups in total. The summed E-state index contributed by atoms with van der Waals surface area (Å²) in [5.41, 5.74) is 4.21. The van der Waals surface area contributed by atoms with Crippen LogP contribution in [0.3, 0.4) is 0 Å². The van der Waals surface area contributed by atoms with Gasteiger partial charge in [0.15, 0.2) is 11.2 Å². The first kappa shape index (κ1) is 19.9. The van der Waals surface area contributed by atoms with Gasteiger partial charge >= 0.3 is 0 Å². The van der Waals surface area contributed by atoms with Crippen LogP contribution in [0.4, 0.5) is 0 Å². The summed E-state index contributed by atoms with van der Waals surface area (Å²) in [5.74, 6) is 1.05. The van der Waals surface area contributed by atoms with Gasteiger partial charge in [-0.2, -0.15) is 5.10 Å². The Hall–Kier alpha value is -3.06. The molecule has 0 bridgehead atoms. The Balaban J connectivity index is 1.71. The predicted octanol–water partition coefficient (Wildman–Crippen LogP) is 4.25. The maximum atomic E-state index is 13.4. The van der Waals surface area contributed by atoms with Gasteiger partial charge in [-0.3, -0.25) is 4.79 Å². The van der Waals surface area contributed by atoms with Crippen LogP contribution >= 0.6 is 0 Å². The smallest absolute Gasteiger partial charge is 0.280 e. The maximum Gasteiger partial charge on any atom is 0.280 e. The van der Waals surface area contributed by atoms with Gasteiger partial charge in [-0.25, -0.2) is 4.52 Å². The number of hydrogen-bond donors (Lipinski definition) is 0. The first-order chi connectivity index (χ1) is 15.1. The molecule has 160 valence electrons. The minimum Gasteiger partial charge on any atom is -0.378 e. The largest absolute Gasteiger partial charge is 0.378 e. The van der Waals surface area contributed by atoms with Gasteiger partial charge in [-0.1, -0.05) is 57.0 Å². The van der Waals surface area contributed by atoms with Crippen LogP contribution in [0, 0.1) is 11.8 Å². The molecule has 3 aromatic heterocycles. The Morgan fingerprint density at radius 3 is 2.68 bits per heavy atom. The van der Waals surface area contributed by atoms with E-state index in [1.54, 1.807) is 11.6 Å². The molecule has 0 radical (unpaired) electrons. The molecule has 0 aliphatic heterocycles. The minimum atomic E-state index is -0.0945. The van der Waals surface area contributed by atoms with Gasteiger partial charge in [-0.15, -0.1) is 10.2 Å². The third-order valence-corrected chi connectivity index (χ3v) is 6.84. The van der Waals surface area contributed by atoms with Crippen molar-refractivity contribution < 1.29 is 4.74 Å². The number of aromatic nitrogens is 5. The van der Waals surface area contributed by atoms with E-state index >= 15 is 0 Å². The molecule has 0 unspecified atom stereocenters. The lowest BCUT2D eigenvalue weighted by atomic mass is 9.78. The zero-order chi connectivity index (χ0) is 21.5. The number of rotatable bonds is 4. The Kier molecular flexibility index (Phi) is 5.06. The number of hydrogen-bond acceptors (Lipinski definition) is 5. The van der Waals surface area contributed by atoms with Gasteiger partial charge in [0.2, 0.25) is 0 Å². The molecule has 5 rings (SSSR count). The van der Waals surface area contributed by atoms with Crippen molar-refractivity contribution in [2.45, 2.75) is 45.8 Å². The number of pyridine rings is 1. The SMILES string of the molecule is COCc1nn2c(nnc3c(=O)n([C@H]4CCC[C@@H](C)[C@@H]4C)ccc32)c1-c1ccccc1. The van der Waals surface area contributed by atoms with Crippen molar-refractivity contribution in [3.8, 4) is 11.1 Å². The third-order valence-electron chi connectivity index (χ3n) is 6.84. The van der Waals surface area contributed by atoms with Crippen LogP contribution in [0.1, 0.15) is 44.8 Å². The normalized spacial score (nSPS) is 21.7. The fourth-order valence-electron chi connectivity index (χ4n) is 4.95. The monoisotopic (exact) mass is 417 g/mol. The first-order valence-corrected chi connectivity index (χ1v) is 10.9. The van der Waals surface area contributed by atoms with Crippen LogP contribution in [-0.4, -0.2) is 31.5 Å². The Labute approximate surface area is 180 Å². The average molecular weight is 418 g/mol. The molecule has 3 atom stereocenters. The molecule has 1 fully saturated rings. The summed E-state index contributed by atoms with van der Waals surface area (Å²) in [7, 11) is 1.65. The second kappa shape index (κ2) is 7.89. The zero-order valence-electron chi connectivity index (χ0n) is 18.2. The number of methoxy groups -OCH3 is 1. The first-order valence-electron chi connectivity index (χ1n) is 10.9. The van der Waals surface area contributed by atoms with Crippen molar-refractivity contribution in [2.75, 3.05) is 7.11 Å². The van der Waals surface area contributed by atoms with Crippen LogP contribution in [-0.2, 0) is 11.3 Å². The van der Waals surface area contributed by atoms with E-state index in [-0.39, 0.29) is 11.6 Å². The lowest BCUT2D eigenvalue weighted by molar-refractivity contribution is 0.181. The van der Waals surface area contributed by atoms with Crippen molar-refractivity contribution in [3.63, 3.8) is 0 Å². The van der Waals surface area contributed by atoms with Gasteiger partial charge in [0.05, 0.1) is 17.9 Å². The summed E-state index contributed by atoms with van der Waals surface area (Å²) < 4.78 is 8.98. The number of fused-ring (bicyclic) bond motifs is 3. The summed E-state index contributed by atoms with van der Waals surface area (Å²) in [4.78, 5) is 13.4. The predicted molar refractivity (Wildman–Crippen MR) is 120 cm³/mol. The number of benzene rings is 1. The summed E-state index contributed by atoms with van der Waals surface area (Å²) in [6, 6.07) is 12.1. The van der Waals surface area contributed by atoms with Crippen LogP contribution in [0.25, 0.3) is 27.8 Å². The highest BCUT2D eigenvalue weighted by Gasteiger charge is 2.29. The molecule has 0 spiro atoms. The fourth-order valence-corrected chi connectivity index (χ4v) is 4.95. The quantitative estimate of drug-likeness (QED) is 0.496. The second-order valence-corrected chi connectivity index (χ2v) is 8.65. The summed E-state index contributed by atoms with van der Waals surface area (Å²) in [6.07, 6.45) is 5.29. The molecule has 31 heavy (non-hydrogen) atoms. The summed E-state index contributed by atoms with van der Waals surface area (Å²) >= 11 is 0. The van der Waals surface area contributed by atoms with Crippen molar-refractivity contribution in [3.05, 3.63) is 58.6 Å². The maximum absolute atomic E-state index is 13.4. The van der Waals surface area contributed by atoms with E-state index in [1.165, 1.54) is 6.42 Å². The molecular weight excluding hydrogens is 390 g/mol. The van der Waals surface area contributed by atoms with Crippen molar-refractivity contribution in [1.29, 1.82) is 0 Å². The van der Waals surface area contributed by atoms with E-state index in [1.807, 2.05) is 47.2 Å². The molecule has 1 saturated carbocycles. The van der Waals surface area contributed by atoms with Gasteiger partial charge in [0.1, 0.15) is 5.52 Å². The average Bonchev–Trinajstić information content (AvgIpc) is 3.15. The molecule has 1 aliphatic carbocycles. The molecule has 7 nitrogen and oxygen atoms in total. The Bertz CT molecular complexity index is 1290. The molecule has 1 aliphatic rings. The molecular formula is C24H27N5O2. The Morgan fingerprint density at radius 1 is 1.10 bits per heavy atom. The lowest BCUT2D eigenvalue weighted by Crippen LogP contribution is -2.34. The highest BCUT2D eigenvalue weighted by atomic mass is 16.5. The van der Waals surface area contributed by atoms with E-state index in [0.717, 1.165) is 29.7 Å². The van der Waals surface area contributed by atoms with E-state index < -0.39 is 0 Å². The fraction of sp³-hybridized carbons (Fsp3) is 0.417. The van der Waals surface area contributed by atoms with E-state index in [4.69, 9.17) is 9.84 Å². The zero-order valence-corrected chi connectivity index (χ0v) is 18.2. The summed E-state index contributed by atoms with van der Waals surface area (Å²) in [5, 5.41) is 13.6. The van der Waals surface area contributed by atoms with Crippen LogP contribution in [0.2, 0.25) is 0 Å². The minimum absolute atomic E-state index is 0.0945. The van der Waals surface area contributed by atoms with E-state index in [0.29, 0.717) is 35.1 Å². The van der Waals surface area contributed by atoms with Gasteiger partial charge in [0.25, 0.3) is 5.56 Å². The lowest BCUT2D eigenvalue weighted by Gasteiger charge is -2.35. The molecule has 3 heterocycles. The van der Waals surface area contributed by atoms with Crippen molar-refractivity contribution >= 4 is 16.7 Å². The molecule has 0 saturated heterocycles. The van der Waals surface area contributed by atoms with Gasteiger partial charge < -0.3 is 9.30 Å².